The molecule has 0 spiro atoms. The molecule has 28 heavy (non-hydrogen) atoms. The smallest absolute Gasteiger partial charge is 0.329 e. The third kappa shape index (κ3) is 4.73. The third-order valence-corrected chi connectivity index (χ3v) is 6.02. The van der Waals surface area contributed by atoms with Crippen molar-refractivity contribution < 1.29 is 22.9 Å². The van der Waals surface area contributed by atoms with Gasteiger partial charge in [0, 0.05) is 12.1 Å². The zero-order chi connectivity index (χ0) is 20.1. The number of hydrogen-bond donors (Lipinski definition) is 1. The summed E-state index contributed by atoms with van der Waals surface area (Å²) in [7, 11) is -4.10. The van der Waals surface area contributed by atoms with E-state index in [9.17, 15) is 23.3 Å². The molecule has 8 nitrogen and oxygen atoms in total. The number of carbonyl (C=O) groups is 1. The van der Waals surface area contributed by atoms with Crippen LogP contribution in [0, 0.1) is 10.1 Å². The molecular weight excluding hydrogens is 384 g/mol. The number of nitro benzene ring substituents is 1. The molecule has 0 amide bonds. The highest BCUT2D eigenvalue weighted by molar-refractivity contribution is 7.89. The van der Waals surface area contributed by atoms with Crippen LogP contribution in [0.15, 0.2) is 59.5 Å². The zero-order valence-electron chi connectivity index (χ0n) is 15.0. The number of sulfonamides is 1. The average molecular weight is 404 g/mol. The molecule has 148 valence electrons. The molecule has 2 aromatic carbocycles. The molecule has 1 aliphatic carbocycles. The highest BCUT2D eigenvalue weighted by Crippen LogP contribution is 2.25. The third-order valence-electron chi connectivity index (χ3n) is 4.58. The van der Waals surface area contributed by atoms with Crippen LogP contribution in [0.25, 0.3) is 0 Å². The van der Waals surface area contributed by atoms with Crippen molar-refractivity contribution in [3.8, 4) is 0 Å². The number of ether oxygens (including phenoxy) is 1. The van der Waals surface area contributed by atoms with E-state index in [1.807, 2.05) is 0 Å². The predicted octanol–water partition coefficient (Wildman–Crippen LogP) is 3.10. The van der Waals surface area contributed by atoms with Crippen molar-refractivity contribution in [3.05, 3.63) is 70.3 Å². The lowest BCUT2D eigenvalue weighted by Crippen LogP contribution is -2.36. The summed E-state index contributed by atoms with van der Waals surface area (Å²) < 4.78 is 33.4. The van der Waals surface area contributed by atoms with E-state index in [2.05, 4.69) is 4.72 Å². The monoisotopic (exact) mass is 404 g/mol. The molecule has 0 aliphatic heterocycles. The highest BCUT2D eigenvalue weighted by atomic mass is 32.2. The Morgan fingerprint density at radius 2 is 1.68 bits per heavy atom. The summed E-state index contributed by atoms with van der Waals surface area (Å²) >= 11 is 0. The van der Waals surface area contributed by atoms with Crippen molar-refractivity contribution >= 4 is 21.7 Å². The normalized spacial score (nSPS) is 15.9. The molecule has 1 atom stereocenters. The van der Waals surface area contributed by atoms with E-state index in [1.54, 1.807) is 30.3 Å². The van der Waals surface area contributed by atoms with Crippen LogP contribution in [-0.2, 0) is 19.6 Å². The molecule has 1 aliphatic rings. The maximum Gasteiger partial charge on any atom is 0.329 e. The van der Waals surface area contributed by atoms with Crippen molar-refractivity contribution in [2.45, 2.75) is 42.7 Å². The first-order valence-corrected chi connectivity index (χ1v) is 10.4. The topological polar surface area (TPSA) is 116 Å². The maximum atomic E-state index is 12.7. The molecule has 3 rings (SSSR count). The molecule has 1 unspecified atom stereocenters. The predicted molar refractivity (Wildman–Crippen MR) is 101 cm³/mol. The Bertz CT molecular complexity index is 938. The maximum absolute atomic E-state index is 12.7. The van der Waals surface area contributed by atoms with Gasteiger partial charge in [-0.1, -0.05) is 30.3 Å². The molecule has 2 aromatic rings. The minimum Gasteiger partial charge on any atom is -0.461 e. The van der Waals surface area contributed by atoms with Crippen molar-refractivity contribution in [1.82, 2.24) is 4.72 Å². The van der Waals surface area contributed by atoms with Crippen LogP contribution in [0.4, 0.5) is 5.69 Å². The number of carbonyl (C=O) groups excluding carboxylic acids is 1. The van der Waals surface area contributed by atoms with Crippen LogP contribution < -0.4 is 4.72 Å². The minimum absolute atomic E-state index is 0.173. The summed E-state index contributed by atoms with van der Waals surface area (Å²) in [6.07, 6.45) is 3.28. The van der Waals surface area contributed by atoms with Crippen molar-refractivity contribution in [2.75, 3.05) is 0 Å². The van der Waals surface area contributed by atoms with Gasteiger partial charge >= 0.3 is 5.97 Å². The molecule has 0 radical (unpaired) electrons. The summed E-state index contributed by atoms with van der Waals surface area (Å²) in [4.78, 5) is 22.7. The molecular formula is C19H20N2O6S. The second-order valence-corrected chi connectivity index (χ2v) is 8.27. The molecule has 0 aromatic heterocycles. The van der Waals surface area contributed by atoms with Gasteiger partial charge in [-0.2, -0.15) is 4.72 Å². The highest BCUT2D eigenvalue weighted by Gasteiger charge is 2.31. The van der Waals surface area contributed by atoms with Gasteiger partial charge in [0.15, 0.2) is 0 Å². The first-order chi connectivity index (χ1) is 13.4. The molecule has 9 heteroatoms. The summed E-state index contributed by atoms with van der Waals surface area (Å²) in [6, 6.07) is 11.7. The van der Waals surface area contributed by atoms with Crippen LogP contribution in [-0.4, -0.2) is 25.4 Å². The molecule has 1 saturated carbocycles. The molecule has 1 N–H and O–H groups in total. The fourth-order valence-electron chi connectivity index (χ4n) is 3.11. The standard InChI is InChI=1S/C19H20N2O6S/c22-19(27-16-8-4-5-9-16)18(14-6-2-1-3-7-14)20-28(25,26)17-12-10-15(11-13-17)21(23)24/h1-3,6-7,10-13,16,18,20H,4-5,8-9H2. The van der Waals surface area contributed by atoms with Gasteiger partial charge in [0.2, 0.25) is 10.0 Å². The Morgan fingerprint density at radius 1 is 1.07 bits per heavy atom. The Balaban J connectivity index is 1.85. The van der Waals surface area contributed by atoms with Crippen LogP contribution in [0.2, 0.25) is 0 Å². The largest absolute Gasteiger partial charge is 0.461 e. The van der Waals surface area contributed by atoms with Crippen LogP contribution >= 0.6 is 0 Å². The van der Waals surface area contributed by atoms with E-state index in [0.29, 0.717) is 5.56 Å². The summed E-state index contributed by atoms with van der Waals surface area (Å²) in [5.41, 5.74) is 0.232. The van der Waals surface area contributed by atoms with Crippen molar-refractivity contribution in [2.24, 2.45) is 0 Å². The lowest BCUT2D eigenvalue weighted by Gasteiger charge is -2.20. The molecule has 0 bridgehead atoms. The summed E-state index contributed by atoms with van der Waals surface area (Å²) in [5, 5.41) is 10.8. The Hall–Kier alpha value is -2.78. The first kappa shape index (κ1) is 20.0. The molecule has 1 fully saturated rings. The van der Waals surface area contributed by atoms with Gasteiger partial charge in [-0.3, -0.25) is 10.1 Å². The second-order valence-electron chi connectivity index (χ2n) is 6.56. The van der Waals surface area contributed by atoms with Gasteiger partial charge in [0.05, 0.1) is 9.82 Å². The average Bonchev–Trinajstić information content (AvgIpc) is 3.20. The number of nitrogens with zero attached hydrogens (tertiary/aromatic N) is 1. The number of nitro groups is 1. The van der Waals surface area contributed by atoms with Crippen LogP contribution in [0.1, 0.15) is 37.3 Å². The number of rotatable bonds is 7. The van der Waals surface area contributed by atoms with Crippen LogP contribution in [0.3, 0.4) is 0 Å². The fourth-order valence-corrected chi connectivity index (χ4v) is 4.28. The minimum atomic E-state index is -4.10. The lowest BCUT2D eigenvalue weighted by atomic mass is 10.1. The Morgan fingerprint density at radius 3 is 2.25 bits per heavy atom. The number of non-ortho nitro benzene ring substituents is 1. The van der Waals surface area contributed by atoms with Gasteiger partial charge < -0.3 is 4.74 Å². The first-order valence-electron chi connectivity index (χ1n) is 8.89. The van der Waals surface area contributed by atoms with E-state index in [1.165, 1.54) is 0 Å². The van der Waals surface area contributed by atoms with E-state index >= 15 is 0 Å². The van der Waals surface area contributed by atoms with Gasteiger partial charge in [0.1, 0.15) is 12.1 Å². The quantitative estimate of drug-likeness (QED) is 0.431. The molecule has 0 saturated heterocycles. The van der Waals surface area contributed by atoms with E-state index < -0.39 is 27.0 Å². The number of benzene rings is 2. The number of hydrogen-bond acceptors (Lipinski definition) is 6. The molecule has 0 heterocycles. The number of esters is 1. The second kappa shape index (κ2) is 8.49. The SMILES string of the molecule is O=C(OC1CCCC1)C(NS(=O)(=O)c1ccc([N+](=O)[O-])cc1)c1ccccc1. The van der Waals surface area contributed by atoms with Gasteiger partial charge in [-0.25, -0.2) is 13.2 Å². The van der Waals surface area contributed by atoms with Crippen molar-refractivity contribution in [3.63, 3.8) is 0 Å². The Kier molecular flexibility index (Phi) is 6.05. The summed E-state index contributed by atoms with van der Waals surface area (Å²) in [6.45, 7) is 0. The van der Waals surface area contributed by atoms with Crippen molar-refractivity contribution in [1.29, 1.82) is 0 Å². The Labute approximate surface area is 162 Å². The lowest BCUT2D eigenvalue weighted by molar-refractivity contribution is -0.384. The van der Waals surface area contributed by atoms with Crippen LogP contribution in [0.5, 0.6) is 0 Å². The van der Waals surface area contributed by atoms with Gasteiger partial charge in [0.25, 0.3) is 5.69 Å². The summed E-state index contributed by atoms with van der Waals surface area (Å²) in [5.74, 6) is -0.663. The number of nitrogens with one attached hydrogen (secondary N) is 1. The fraction of sp³-hybridized carbons (Fsp3) is 0.316. The van der Waals surface area contributed by atoms with E-state index in [4.69, 9.17) is 4.74 Å². The zero-order valence-corrected chi connectivity index (χ0v) is 15.8. The van der Waals surface area contributed by atoms with E-state index in [0.717, 1.165) is 49.9 Å². The van der Waals surface area contributed by atoms with E-state index in [-0.39, 0.29) is 16.7 Å². The van der Waals surface area contributed by atoms with Gasteiger partial charge in [-0.05, 0) is 43.4 Å². The van der Waals surface area contributed by atoms with Gasteiger partial charge in [-0.15, -0.1) is 0 Å².